The van der Waals surface area contributed by atoms with Crippen LogP contribution in [0.25, 0.3) is 22.4 Å². The van der Waals surface area contributed by atoms with E-state index in [1.807, 2.05) is 0 Å². The van der Waals surface area contributed by atoms with E-state index in [2.05, 4.69) is 9.72 Å². The Bertz CT molecular complexity index is 938. The van der Waals surface area contributed by atoms with Gasteiger partial charge in [-0.05, 0) is 30.3 Å². The first kappa shape index (κ1) is 15.7. The quantitative estimate of drug-likeness (QED) is 0.638. The Hall–Kier alpha value is -2.18. The van der Waals surface area contributed by atoms with Gasteiger partial charge in [0.25, 0.3) is 0 Å². The van der Waals surface area contributed by atoms with Gasteiger partial charge >= 0.3 is 11.2 Å². The smallest absolute Gasteiger partial charge is 0.420 e. The number of alkyl halides is 3. The number of fused-ring (bicyclic) bond motifs is 1. The van der Waals surface area contributed by atoms with Gasteiger partial charge in [-0.3, -0.25) is 0 Å². The Morgan fingerprint density at radius 1 is 1.17 bits per heavy atom. The normalized spacial score (nSPS) is 11.7. The van der Waals surface area contributed by atoms with Gasteiger partial charge in [-0.2, -0.15) is 0 Å². The molecule has 3 aromatic rings. The molecule has 1 heterocycles. The van der Waals surface area contributed by atoms with Crippen molar-refractivity contribution >= 4 is 34.1 Å². The summed E-state index contributed by atoms with van der Waals surface area (Å²) < 4.78 is 34.8. The first-order valence-electron chi connectivity index (χ1n) is 6.29. The van der Waals surface area contributed by atoms with Crippen LogP contribution in [0.15, 0.2) is 51.7 Å². The maximum absolute atomic E-state index is 12.7. The summed E-state index contributed by atoms with van der Waals surface area (Å²) in [5.41, 5.74) is -3.91. The van der Waals surface area contributed by atoms with Gasteiger partial charge in [0.15, 0.2) is 0 Å². The fourth-order valence-corrected chi connectivity index (χ4v) is 2.36. The van der Waals surface area contributed by atoms with Gasteiger partial charge in [-0.15, -0.1) is 8.78 Å². The van der Waals surface area contributed by atoms with Crippen LogP contribution in [0.4, 0.5) is 8.78 Å². The van der Waals surface area contributed by atoms with E-state index in [1.54, 1.807) is 18.2 Å². The van der Waals surface area contributed by atoms with Crippen LogP contribution in [-0.2, 0) is 0 Å². The lowest BCUT2D eigenvalue weighted by Crippen LogP contribution is -2.15. The molecule has 0 amide bonds. The predicted molar refractivity (Wildman–Crippen MR) is 82.2 cm³/mol. The zero-order chi connectivity index (χ0) is 16.6. The second-order valence-electron chi connectivity index (χ2n) is 4.52. The highest BCUT2D eigenvalue weighted by atomic mass is 35.5. The van der Waals surface area contributed by atoms with Gasteiger partial charge in [0.2, 0.25) is 5.89 Å². The van der Waals surface area contributed by atoms with Crippen molar-refractivity contribution in [2.45, 2.75) is 5.57 Å². The summed E-state index contributed by atoms with van der Waals surface area (Å²) in [7, 11) is 0. The number of rotatable bonds is 3. The lowest BCUT2D eigenvalue weighted by atomic mass is 10.2. The largest absolute Gasteiger partial charge is 0.487 e. The summed E-state index contributed by atoms with van der Waals surface area (Å²) in [6, 6.07) is 10.3. The predicted octanol–water partition coefficient (Wildman–Crippen LogP) is 4.68. The zero-order valence-corrected chi connectivity index (χ0v) is 12.7. The van der Waals surface area contributed by atoms with E-state index < -0.39 is 11.2 Å². The Labute approximate surface area is 138 Å². The van der Waals surface area contributed by atoms with Crippen molar-refractivity contribution in [3.8, 4) is 17.2 Å². The van der Waals surface area contributed by atoms with E-state index in [1.165, 1.54) is 24.3 Å². The number of benzene rings is 2. The third-order valence-electron chi connectivity index (χ3n) is 2.92. The van der Waals surface area contributed by atoms with Crippen LogP contribution >= 0.6 is 23.2 Å². The molecule has 0 aliphatic heterocycles. The highest BCUT2D eigenvalue weighted by Gasteiger charge is 2.27. The molecule has 118 valence electrons. The third kappa shape index (κ3) is 3.43. The topological polar surface area (TPSA) is 52.3 Å². The number of halogens is 4. The minimum atomic E-state index is -3.84. The Morgan fingerprint density at radius 3 is 2.65 bits per heavy atom. The highest BCUT2D eigenvalue weighted by Crippen LogP contribution is 2.29. The van der Waals surface area contributed by atoms with Crippen LogP contribution in [0.3, 0.4) is 0 Å². The van der Waals surface area contributed by atoms with Crippen molar-refractivity contribution in [1.82, 2.24) is 4.98 Å². The third-order valence-corrected chi connectivity index (χ3v) is 3.31. The minimum absolute atomic E-state index is 0.0481. The molecule has 8 heteroatoms. The van der Waals surface area contributed by atoms with Crippen molar-refractivity contribution in [3.05, 3.63) is 57.9 Å². The molecule has 0 saturated heterocycles. The molecule has 0 aliphatic carbocycles. The van der Waals surface area contributed by atoms with Gasteiger partial charge in [-0.1, -0.05) is 23.7 Å². The van der Waals surface area contributed by atoms with Crippen molar-refractivity contribution < 1.29 is 17.9 Å². The molecule has 0 atom stereocenters. The molecule has 1 aromatic heterocycles. The van der Waals surface area contributed by atoms with Gasteiger partial charge in [0.1, 0.15) is 11.1 Å². The molecule has 0 saturated carbocycles. The highest BCUT2D eigenvalue weighted by molar-refractivity contribution is 6.35. The average molecular weight is 358 g/mol. The molecule has 2 aromatic carbocycles. The molecule has 0 fully saturated rings. The lowest BCUT2D eigenvalue weighted by molar-refractivity contribution is -0.0964. The van der Waals surface area contributed by atoms with Gasteiger partial charge < -0.3 is 9.15 Å². The monoisotopic (exact) mass is 357 g/mol. The van der Waals surface area contributed by atoms with Crippen LogP contribution in [-0.4, -0.2) is 10.6 Å². The second-order valence-corrected chi connectivity index (χ2v) is 5.36. The maximum atomic E-state index is 12.7. The molecular weight excluding hydrogens is 351 g/mol. The molecule has 0 unspecified atom stereocenters. The molecule has 4 nitrogen and oxygen atoms in total. The molecule has 0 radical (unpaired) electrons. The molecule has 0 N–H and O–H groups in total. The SMILES string of the molecule is O=c1oc(-c2cccc(OC(F)(F)Cl)c2)nc2cccc(Cl)c12. The van der Waals surface area contributed by atoms with Crippen LogP contribution in [0.2, 0.25) is 5.02 Å². The molecular formula is C15H7Cl2F2NO3. The molecule has 0 spiro atoms. The lowest BCUT2D eigenvalue weighted by Gasteiger charge is -2.11. The number of nitrogens with zero attached hydrogens (tertiary/aromatic N) is 1. The van der Waals surface area contributed by atoms with E-state index in [-0.39, 0.29) is 27.6 Å². The number of hydrogen-bond acceptors (Lipinski definition) is 4. The second kappa shape index (κ2) is 5.79. The fraction of sp³-hybridized carbons (Fsp3) is 0.0667. The molecule has 0 bridgehead atoms. The molecule has 23 heavy (non-hydrogen) atoms. The van der Waals surface area contributed by atoms with E-state index in [0.29, 0.717) is 5.52 Å². The average Bonchev–Trinajstić information content (AvgIpc) is 2.45. The molecule has 3 rings (SSSR count). The van der Waals surface area contributed by atoms with E-state index in [4.69, 9.17) is 27.6 Å². The standard InChI is InChI=1S/C15H7Cl2F2NO3/c16-10-5-2-6-11-12(10)14(21)22-13(20-11)8-3-1-4-9(7-8)23-15(17,18)19/h1-7H. The Kier molecular flexibility index (Phi) is 3.95. The van der Waals surface area contributed by atoms with Crippen LogP contribution < -0.4 is 10.4 Å². The van der Waals surface area contributed by atoms with Gasteiger partial charge in [-0.25, -0.2) is 9.78 Å². The van der Waals surface area contributed by atoms with Crippen LogP contribution in [0.1, 0.15) is 0 Å². The number of hydrogen-bond donors (Lipinski definition) is 0. The van der Waals surface area contributed by atoms with E-state index in [0.717, 1.165) is 0 Å². The number of aromatic nitrogens is 1. The van der Waals surface area contributed by atoms with E-state index in [9.17, 15) is 13.6 Å². The summed E-state index contributed by atoms with van der Waals surface area (Å²) in [5, 5.41) is 0.367. The number of ether oxygens (including phenoxy) is 1. The minimum Gasteiger partial charge on any atom is -0.420 e. The first-order chi connectivity index (χ1) is 10.8. The first-order valence-corrected chi connectivity index (χ1v) is 7.05. The summed E-state index contributed by atoms with van der Waals surface area (Å²) in [5.74, 6) is -0.244. The van der Waals surface area contributed by atoms with Gasteiger partial charge in [0.05, 0.1) is 10.5 Å². The van der Waals surface area contributed by atoms with Gasteiger partial charge in [0, 0.05) is 17.2 Å². The van der Waals surface area contributed by atoms with Crippen LogP contribution in [0, 0.1) is 0 Å². The fourth-order valence-electron chi connectivity index (χ4n) is 2.03. The summed E-state index contributed by atoms with van der Waals surface area (Å²) >= 11 is 10.7. The molecule has 0 aliphatic rings. The van der Waals surface area contributed by atoms with Crippen molar-refractivity contribution in [3.63, 3.8) is 0 Å². The van der Waals surface area contributed by atoms with Crippen molar-refractivity contribution in [2.24, 2.45) is 0 Å². The summed E-state index contributed by atoms with van der Waals surface area (Å²) in [4.78, 5) is 16.2. The maximum Gasteiger partial charge on any atom is 0.487 e. The summed E-state index contributed by atoms with van der Waals surface area (Å²) in [6.45, 7) is 0. The summed E-state index contributed by atoms with van der Waals surface area (Å²) in [6.07, 6.45) is 0. The van der Waals surface area contributed by atoms with Crippen molar-refractivity contribution in [1.29, 1.82) is 0 Å². The van der Waals surface area contributed by atoms with E-state index >= 15 is 0 Å². The van der Waals surface area contributed by atoms with Crippen molar-refractivity contribution in [2.75, 3.05) is 0 Å². The van der Waals surface area contributed by atoms with Crippen LogP contribution in [0.5, 0.6) is 5.75 Å². The Morgan fingerprint density at radius 2 is 1.91 bits per heavy atom. The zero-order valence-electron chi connectivity index (χ0n) is 11.2. The Balaban J connectivity index is 2.11.